The van der Waals surface area contributed by atoms with Gasteiger partial charge in [-0.2, -0.15) is 0 Å². The first-order valence-electron chi connectivity index (χ1n) is 13.3. The van der Waals surface area contributed by atoms with Gasteiger partial charge in [-0.15, -0.1) is 5.10 Å². The van der Waals surface area contributed by atoms with Gasteiger partial charge in [-0.1, -0.05) is 20.3 Å². The highest BCUT2D eigenvalue weighted by molar-refractivity contribution is 5.80. The number of benzene rings is 1. The number of nitrogens with one attached hydrogen (secondary N) is 1. The summed E-state index contributed by atoms with van der Waals surface area (Å²) < 4.78 is 13.7. The molecular weight excluding hydrogens is 456 g/mol. The summed E-state index contributed by atoms with van der Waals surface area (Å²) in [6.45, 7) is 13.2. The van der Waals surface area contributed by atoms with Crippen LogP contribution in [0.5, 0.6) is 5.75 Å². The molecule has 1 aliphatic heterocycles. The van der Waals surface area contributed by atoms with Crippen molar-refractivity contribution in [3.8, 4) is 5.75 Å². The van der Waals surface area contributed by atoms with Crippen LogP contribution in [-0.2, 0) is 16.8 Å². The minimum Gasteiger partial charge on any atom is -0.494 e. The average Bonchev–Trinajstić information content (AvgIpc) is 3.56. The number of rotatable bonds is 12. The molecule has 0 aliphatic carbocycles. The molecule has 2 unspecified atom stereocenters. The molecule has 1 saturated heterocycles. The summed E-state index contributed by atoms with van der Waals surface area (Å²) in [6, 6.07) is 7.72. The number of aromatic amines is 1. The summed E-state index contributed by atoms with van der Waals surface area (Å²) in [4.78, 5) is 18.6. The van der Waals surface area contributed by atoms with E-state index in [2.05, 4.69) is 53.1 Å². The summed E-state index contributed by atoms with van der Waals surface area (Å²) in [5.41, 5.74) is 1.23. The first-order chi connectivity index (χ1) is 17.4. The summed E-state index contributed by atoms with van der Waals surface area (Å²) in [6.07, 6.45) is 4.98. The van der Waals surface area contributed by atoms with Crippen LogP contribution in [0.1, 0.15) is 84.2 Å². The SMILES string of the molecule is CCCC(c1nnnn1C(C)(C)CC)N(Cc1cc2cc(OCC)ccc2[nH]c1=O)CC1CCCO1. The Morgan fingerprint density at radius 3 is 2.81 bits per heavy atom. The zero-order chi connectivity index (χ0) is 25.7. The van der Waals surface area contributed by atoms with E-state index in [9.17, 15) is 4.79 Å². The quantitative estimate of drug-likeness (QED) is 0.392. The zero-order valence-electron chi connectivity index (χ0n) is 22.3. The molecule has 0 bridgehead atoms. The van der Waals surface area contributed by atoms with Crippen molar-refractivity contribution in [2.24, 2.45) is 0 Å². The van der Waals surface area contributed by atoms with Gasteiger partial charge in [-0.3, -0.25) is 9.69 Å². The minimum absolute atomic E-state index is 0.0371. The van der Waals surface area contributed by atoms with Gasteiger partial charge in [-0.25, -0.2) is 4.68 Å². The molecule has 1 fully saturated rings. The fraction of sp³-hybridized carbons (Fsp3) is 0.630. The van der Waals surface area contributed by atoms with Crippen LogP contribution in [0, 0.1) is 0 Å². The normalized spacial score (nSPS) is 17.2. The van der Waals surface area contributed by atoms with Crippen molar-refractivity contribution in [1.29, 1.82) is 0 Å². The summed E-state index contributed by atoms with van der Waals surface area (Å²) >= 11 is 0. The van der Waals surface area contributed by atoms with Gasteiger partial charge >= 0.3 is 0 Å². The predicted octanol–water partition coefficient (Wildman–Crippen LogP) is 4.58. The van der Waals surface area contributed by atoms with E-state index in [1.807, 2.05) is 35.9 Å². The molecule has 1 aromatic carbocycles. The van der Waals surface area contributed by atoms with Crippen molar-refractivity contribution in [2.45, 2.75) is 91.0 Å². The topological polar surface area (TPSA) is 98.2 Å². The van der Waals surface area contributed by atoms with E-state index in [1.54, 1.807) is 0 Å². The third-order valence-corrected chi connectivity index (χ3v) is 7.27. The standard InChI is InChI=1S/C27H40N6O3/c1-6-10-24(25-29-30-31-33(25)27(4,5)7-2)32(18-22-11-9-14-36-22)17-20-15-19-16-21(35-8-3)12-13-23(19)28-26(20)34/h12-13,15-16,22,24H,6-11,14,17-18H2,1-5H3,(H,28,34). The van der Waals surface area contributed by atoms with Gasteiger partial charge in [0.15, 0.2) is 5.82 Å². The number of ether oxygens (including phenoxy) is 2. The Morgan fingerprint density at radius 2 is 2.11 bits per heavy atom. The molecule has 4 rings (SSSR count). The fourth-order valence-electron chi connectivity index (χ4n) is 4.91. The van der Waals surface area contributed by atoms with Gasteiger partial charge in [0.2, 0.25) is 0 Å². The first-order valence-corrected chi connectivity index (χ1v) is 13.3. The van der Waals surface area contributed by atoms with Crippen molar-refractivity contribution >= 4 is 10.9 Å². The molecule has 3 aromatic rings. The molecule has 9 nitrogen and oxygen atoms in total. The summed E-state index contributed by atoms with van der Waals surface area (Å²) in [5.74, 6) is 1.64. The van der Waals surface area contributed by atoms with Gasteiger partial charge in [0.25, 0.3) is 5.56 Å². The van der Waals surface area contributed by atoms with E-state index in [-0.39, 0.29) is 23.2 Å². The number of hydrogen-bond donors (Lipinski definition) is 1. The monoisotopic (exact) mass is 496 g/mol. The lowest BCUT2D eigenvalue weighted by Gasteiger charge is -2.34. The Balaban J connectivity index is 1.73. The molecular formula is C27H40N6O3. The number of pyridine rings is 1. The molecule has 196 valence electrons. The van der Waals surface area contributed by atoms with E-state index in [0.717, 1.165) is 67.7 Å². The largest absolute Gasteiger partial charge is 0.494 e. The molecule has 36 heavy (non-hydrogen) atoms. The Bertz CT molecular complexity index is 1200. The second-order valence-corrected chi connectivity index (χ2v) is 10.3. The number of tetrazole rings is 1. The highest BCUT2D eigenvalue weighted by Crippen LogP contribution is 2.31. The fourth-order valence-corrected chi connectivity index (χ4v) is 4.91. The number of nitrogens with zero attached hydrogens (tertiary/aromatic N) is 5. The van der Waals surface area contributed by atoms with Crippen LogP contribution in [-0.4, -0.2) is 56.0 Å². The van der Waals surface area contributed by atoms with Gasteiger partial charge < -0.3 is 14.5 Å². The molecule has 2 aromatic heterocycles. The molecule has 1 N–H and O–H groups in total. The predicted molar refractivity (Wildman–Crippen MR) is 140 cm³/mol. The molecule has 2 atom stereocenters. The molecule has 0 spiro atoms. The maximum absolute atomic E-state index is 13.2. The van der Waals surface area contributed by atoms with E-state index >= 15 is 0 Å². The van der Waals surface area contributed by atoms with Crippen molar-refractivity contribution in [3.05, 3.63) is 46.0 Å². The van der Waals surface area contributed by atoms with Crippen molar-refractivity contribution in [1.82, 2.24) is 30.1 Å². The van der Waals surface area contributed by atoms with Crippen molar-refractivity contribution in [2.75, 3.05) is 19.8 Å². The Morgan fingerprint density at radius 1 is 1.28 bits per heavy atom. The van der Waals surface area contributed by atoms with Gasteiger partial charge in [0.05, 0.1) is 24.3 Å². The lowest BCUT2D eigenvalue weighted by atomic mass is 10.0. The zero-order valence-corrected chi connectivity index (χ0v) is 22.3. The molecule has 0 saturated carbocycles. The van der Waals surface area contributed by atoms with Gasteiger partial charge in [-0.05, 0) is 81.1 Å². The van der Waals surface area contributed by atoms with E-state index in [1.165, 1.54) is 0 Å². The van der Waals surface area contributed by atoms with Crippen LogP contribution in [0.2, 0.25) is 0 Å². The Labute approximate surface area is 213 Å². The van der Waals surface area contributed by atoms with Crippen LogP contribution in [0.4, 0.5) is 0 Å². The first kappa shape index (κ1) is 26.3. The van der Waals surface area contributed by atoms with Crippen LogP contribution in [0.25, 0.3) is 10.9 Å². The van der Waals surface area contributed by atoms with Crippen LogP contribution in [0.15, 0.2) is 29.1 Å². The van der Waals surface area contributed by atoms with Crippen molar-refractivity contribution in [3.63, 3.8) is 0 Å². The van der Waals surface area contributed by atoms with E-state index in [0.29, 0.717) is 18.7 Å². The van der Waals surface area contributed by atoms with Crippen LogP contribution < -0.4 is 10.3 Å². The van der Waals surface area contributed by atoms with Gasteiger partial charge in [0.1, 0.15) is 5.75 Å². The molecule has 1 aliphatic rings. The Kier molecular flexibility index (Phi) is 8.41. The highest BCUT2D eigenvalue weighted by atomic mass is 16.5. The molecule has 3 heterocycles. The second kappa shape index (κ2) is 11.5. The van der Waals surface area contributed by atoms with E-state index < -0.39 is 0 Å². The third-order valence-electron chi connectivity index (χ3n) is 7.27. The van der Waals surface area contributed by atoms with Crippen LogP contribution in [0.3, 0.4) is 0 Å². The van der Waals surface area contributed by atoms with Crippen LogP contribution >= 0.6 is 0 Å². The maximum atomic E-state index is 13.2. The lowest BCUT2D eigenvalue weighted by molar-refractivity contribution is 0.0462. The molecule has 9 heteroatoms. The second-order valence-electron chi connectivity index (χ2n) is 10.3. The number of hydrogen-bond acceptors (Lipinski definition) is 7. The summed E-state index contributed by atoms with van der Waals surface area (Å²) in [7, 11) is 0. The summed E-state index contributed by atoms with van der Waals surface area (Å²) in [5, 5.41) is 13.9. The van der Waals surface area contributed by atoms with Gasteiger partial charge in [0, 0.05) is 36.2 Å². The average molecular weight is 497 g/mol. The highest BCUT2D eigenvalue weighted by Gasteiger charge is 2.33. The van der Waals surface area contributed by atoms with Crippen molar-refractivity contribution < 1.29 is 9.47 Å². The third kappa shape index (κ3) is 5.78. The maximum Gasteiger partial charge on any atom is 0.252 e. The minimum atomic E-state index is -0.212. The smallest absolute Gasteiger partial charge is 0.252 e. The Hall–Kier alpha value is -2.78. The van der Waals surface area contributed by atoms with E-state index in [4.69, 9.17) is 9.47 Å². The molecule has 0 amide bonds. The number of fused-ring (bicyclic) bond motifs is 1. The molecule has 0 radical (unpaired) electrons. The lowest BCUT2D eigenvalue weighted by Crippen LogP contribution is -2.39. The number of H-pyrrole nitrogens is 1. The number of aromatic nitrogens is 5.